The lowest BCUT2D eigenvalue weighted by Crippen LogP contribution is -1.96. The molecule has 2 aromatic rings. The Labute approximate surface area is 122 Å². The first-order valence-electron chi connectivity index (χ1n) is 7.35. The van der Waals surface area contributed by atoms with Gasteiger partial charge in [0.05, 0.1) is 0 Å². The van der Waals surface area contributed by atoms with Gasteiger partial charge >= 0.3 is 0 Å². The minimum absolute atomic E-state index is 1.10. The molecular formula is C20H22. The molecule has 3 rings (SSSR count). The normalized spacial score (nSPS) is 13.3. The Morgan fingerprint density at radius 3 is 2.35 bits per heavy atom. The van der Waals surface area contributed by atoms with Crippen LogP contribution < -0.4 is 0 Å². The zero-order valence-electron chi connectivity index (χ0n) is 13.1. The van der Waals surface area contributed by atoms with Crippen LogP contribution in [0.3, 0.4) is 0 Å². The SMILES string of the molecule is CC1=Cc2c(ccc(C)c2-c2cc(C)cc(C)c2C)C1. The fourth-order valence-corrected chi connectivity index (χ4v) is 3.35. The summed E-state index contributed by atoms with van der Waals surface area (Å²) >= 11 is 0. The Morgan fingerprint density at radius 2 is 1.60 bits per heavy atom. The topological polar surface area (TPSA) is 0 Å². The number of aryl methyl sites for hydroxylation is 3. The van der Waals surface area contributed by atoms with Crippen LogP contribution in [0.25, 0.3) is 17.2 Å². The van der Waals surface area contributed by atoms with Crippen molar-refractivity contribution in [1.29, 1.82) is 0 Å². The third-order valence-electron chi connectivity index (χ3n) is 4.49. The van der Waals surface area contributed by atoms with Gasteiger partial charge in [-0.3, -0.25) is 0 Å². The van der Waals surface area contributed by atoms with Crippen molar-refractivity contribution < 1.29 is 0 Å². The number of hydrogen-bond donors (Lipinski definition) is 0. The molecule has 2 aromatic carbocycles. The molecule has 0 radical (unpaired) electrons. The maximum Gasteiger partial charge on any atom is -0.00604 e. The van der Waals surface area contributed by atoms with E-state index in [0.717, 1.165) is 6.42 Å². The molecule has 0 aromatic heterocycles. The minimum atomic E-state index is 1.10. The molecule has 0 heterocycles. The van der Waals surface area contributed by atoms with Crippen LogP contribution in [0.15, 0.2) is 29.8 Å². The van der Waals surface area contributed by atoms with Gasteiger partial charge in [-0.05, 0) is 80.0 Å². The van der Waals surface area contributed by atoms with Gasteiger partial charge in [0.15, 0.2) is 0 Å². The van der Waals surface area contributed by atoms with Gasteiger partial charge in [-0.15, -0.1) is 0 Å². The van der Waals surface area contributed by atoms with E-state index < -0.39 is 0 Å². The molecule has 0 saturated carbocycles. The number of rotatable bonds is 1. The maximum absolute atomic E-state index is 2.37. The van der Waals surface area contributed by atoms with E-state index in [1.807, 2.05) is 0 Å². The number of benzene rings is 2. The highest BCUT2D eigenvalue weighted by atomic mass is 14.2. The predicted octanol–water partition coefficient (Wildman–Crippen LogP) is 5.55. The summed E-state index contributed by atoms with van der Waals surface area (Å²) in [7, 11) is 0. The first kappa shape index (κ1) is 13.2. The quantitative estimate of drug-likeness (QED) is 0.632. The van der Waals surface area contributed by atoms with Gasteiger partial charge < -0.3 is 0 Å². The smallest absolute Gasteiger partial charge is 0.00604 e. The van der Waals surface area contributed by atoms with Gasteiger partial charge in [0.1, 0.15) is 0 Å². The molecule has 0 atom stereocenters. The van der Waals surface area contributed by atoms with Crippen molar-refractivity contribution in [3.63, 3.8) is 0 Å². The molecular weight excluding hydrogens is 240 g/mol. The Balaban J connectivity index is 2.34. The first-order chi connectivity index (χ1) is 9.47. The fourth-order valence-electron chi connectivity index (χ4n) is 3.35. The summed E-state index contributed by atoms with van der Waals surface area (Å²) in [5.74, 6) is 0. The van der Waals surface area contributed by atoms with Gasteiger partial charge in [0.25, 0.3) is 0 Å². The van der Waals surface area contributed by atoms with E-state index >= 15 is 0 Å². The van der Waals surface area contributed by atoms with Crippen molar-refractivity contribution in [1.82, 2.24) is 0 Å². The monoisotopic (exact) mass is 262 g/mol. The fraction of sp³-hybridized carbons (Fsp3) is 0.300. The van der Waals surface area contributed by atoms with Gasteiger partial charge in [0.2, 0.25) is 0 Å². The molecule has 0 bridgehead atoms. The van der Waals surface area contributed by atoms with Crippen LogP contribution in [0.1, 0.15) is 40.3 Å². The van der Waals surface area contributed by atoms with Crippen LogP contribution >= 0.6 is 0 Å². The lowest BCUT2D eigenvalue weighted by Gasteiger charge is -2.16. The lowest BCUT2D eigenvalue weighted by molar-refractivity contribution is 1.19. The summed E-state index contributed by atoms with van der Waals surface area (Å²) in [4.78, 5) is 0. The van der Waals surface area contributed by atoms with Crippen molar-refractivity contribution in [3.8, 4) is 11.1 Å². The average molecular weight is 262 g/mol. The second-order valence-corrected chi connectivity index (χ2v) is 6.25. The summed E-state index contributed by atoms with van der Waals surface area (Å²) in [5.41, 5.74) is 12.7. The van der Waals surface area contributed by atoms with E-state index in [1.165, 1.54) is 50.1 Å². The summed E-state index contributed by atoms with van der Waals surface area (Å²) in [6.07, 6.45) is 3.47. The molecule has 20 heavy (non-hydrogen) atoms. The maximum atomic E-state index is 2.37. The Morgan fingerprint density at radius 1 is 0.850 bits per heavy atom. The highest BCUT2D eigenvalue weighted by Gasteiger charge is 2.18. The third-order valence-corrected chi connectivity index (χ3v) is 4.49. The summed E-state index contributed by atoms with van der Waals surface area (Å²) in [6, 6.07) is 9.18. The molecule has 0 saturated heterocycles. The van der Waals surface area contributed by atoms with Crippen LogP contribution in [0.4, 0.5) is 0 Å². The second kappa shape index (κ2) is 4.63. The first-order valence-corrected chi connectivity index (χ1v) is 7.35. The number of allylic oxidation sites excluding steroid dienone is 1. The predicted molar refractivity (Wildman–Crippen MR) is 88.2 cm³/mol. The van der Waals surface area contributed by atoms with E-state index in [9.17, 15) is 0 Å². The molecule has 1 aliphatic rings. The summed E-state index contributed by atoms with van der Waals surface area (Å²) < 4.78 is 0. The number of fused-ring (bicyclic) bond motifs is 1. The standard InChI is InChI=1S/C20H22/c1-12-8-15(4)16(5)18(10-12)20-14(3)6-7-17-9-13(2)11-19(17)20/h6-8,10-11H,9H2,1-5H3. The minimum Gasteiger partial charge on any atom is -0.0683 e. The molecule has 0 N–H and O–H groups in total. The number of hydrogen-bond acceptors (Lipinski definition) is 0. The molecule has 0 fully saturated rings. The molecule has 0 spiro atoms. The van der Waals surface area contributed by atoms with Gasteiger partial charge in [-0.25, -0.2) is 0 Å². The van der Waals surface area contributed by atoms with Crippen molar-refractivity contribution in [2.75, 3.05) is 0 Å². The van der Waals surface area contributed by atoms with Crippen LogP contribution in [0.5, 0.6) is 0 Å². The van der Waals surface area contributed by atoms with E-state index in [0.29, 0.717) is 0 Å². The second-order valence-electron chi connectivity index (χ2n) is 6.25. The zero-order valence-corrected chi connectivity index (χ0v) is 13.1. The molecule has 0 amide bonds. The van der Waals surface area contributed by atoms with Crippen molar-refractivity contribution >= 4 is 6.08 Å². The largest absolute Gasteiger partial charge is 0.0683 e. The third kappa shape index (κ3) is 2.00. The summed E-state index contributed by atoms with van der Waals surface area (Å²) in [6.45, 7) is 11.1. The Hall–Kier alpha value is -1.82. The van der Waals surface area contributed by atoms with Crippen molar-refractivity contribution in [2.24, 2.45) is 0 Å². The van der Waals surface area contributed by atoms with Crippen LogP contribution in [0, 0.1) is 27.7 Å². The lowest BCUT2D eigenvalue weighted by atomic mass is 9.88. The van der Waals surface area contributed by atoms with E-state index in [-0.39, 0.29) is 0 Å². The van der Waals surface area contributed by atoms with E-state index in [2.05, 4.69) is 65.0 Å². The summed E-state index contributed by atoms with van der Waals surface area (Å²) in [5, 5.41) is 0. The Kier molecular flexibility index (Phi) is 3.05. The van der Waals surface area contributed by atoms with Crippen molar-refractivity contribution in [2.45, 2.75) is 41.0 Å². The molecule has 102 valence electrons. The molecule has 0 heteroatoms. The van der Waals surface area contributed by atoms with Crippen LogP contribution in [0.2, 0.25) is 0 Å². The Bertz CT molecular complexity index is 730. The molecule has 0 aliphatic heterocycles. The highest BCUT2D eigenvalue weighted by Crippen LogP contribution is 2.38. The van der Waals surface area contributed by atoms with Crippen molar-refractivity contribution in [3.05, 3.63) is 63.2 Å². The molecule has 1 aliphatic carbocycles. The van der Waals surface area contributed by atoms with Crippen LogP contribution in [-0.4, -0.2) is 0 Å². The van der Waals surface area contributed by atoms with Gasteiger partial charge in [0, 0.05) is 0 Å². The average Bonchev–Trinajstić information content (AvgIpc) is 2.74. The van der Waals surface area contributed by atoms with E-state index in [1.54, 1.807) is 0 Å². The molecule has 0 unspecified atom stereocenters. The zero-order chi connectivity index (χ0) is 14.4. The van der Waals surface area contributed by atoms with E-state index in [4.69, 9.17) is 0 Å². The van der Waals surface area contributed by atoms with Gasteiger partial charge in [-0.2, -0.15) is 0 Å². The van der Waals surface area contributed by atoms with Gasteiger partial charge in [-0.1, -0.05) is 41.5 Å². The molecule has 0 nitrogen and oxygen atoms in total. The highest BCUT2D eigenvalue weighted by molar-refractivity contribution is 5.84. The van der Waals surface area contributed by atoms with Crippen LogP contribution in [-0.2, 0) is 6.42 Å².